The molecule has 2 bridgehead atoms. The Hall–Kier alpha value is -0.670. The van der Waals surface area contributed by atoms with Gasteiger partial charge in [0.2, 0.25) is 0 Å². The number of hydrogen-bond donors (Lipinski definition) is 1. The first-order valence-electron chi connectivity index (χ1n) is 6.99. The largest absolute Gasteiger partial charge is 0.368 e. The van der Waals surface area contributed by atoms with Crippen LogP contribution in [0, 0.1) is 23.2 Å². The second-order valence-corrected chi connectivity index (χ2v) is 6.52. The van der Waals surface area contributed by atoms with Gasteiger partial charge in [0.1, 0.15) is 5.78 Å². The fraction of sp³-hybridized carbons (Fsp3) is 0.800. The molecule has 1 aliphatic heterocycles. The molecule has 1 saturated heterocycles. The van der Waals surface area contributed by atoms with Gasteiger partial charge in [-0.2, -0.15) is 0 Å². The number of rotatable bonds is 0. The molecule has 0 unspecified atom stereocenters. The van der Waals surface area contributed by atoms with Crippen molar-refractivity contribution in [2.45, 2.75) is 51.9 Å². The molecule has 3 heteroatoms. The lowest BCUT2D eigenvalue weighted by atomic mass is 9.47. The fourth-order valence-corrected chi connectivity index (χ4v) is 4.58. The summed E-state index contributed by atoms with van der Waals surface area (Å²) >= 11 is 0. The summed E-state index contributed by atoms with van der Waals surface area (Å²) in [5.74, 6) is 0.539. The molecule has 2 aliphatic carbocycles. The van der Waals surface area contributed by atoms with Crippen LogP contribution in [0.2, 0.25) is 0 Å². The maximum atomic E-state index is 12.4. The Morgan fingerprint density at radius 2 is 2.17 bits per heavy atom. The third kappa shape index (κ3) is 1.24. The average molecular weight is 250 g/mol. The molecule has 1 N–H and O–H groups in total. The van der Waals surface area contributed by atoms with Crippen molar-refractivity contribution in [3.05, 3.63) is 12.2 Å². The Labute approximate surface area is 108 Å². The van der Waals surface area contributed by atoms with Crippen LogP contribution >= 0.6 is 0 Å². The Bertz CT molecular complexity index is 416. The molecule has 2 fully saturated rings. The van der Waals surface area contributed by atoms with Gasteiger partial charge in [0.25, 0.3) is 0 Å². The molecule has 3 aliphatic rings. The van der Waals surface area contributed by atoms with Crippen molar-refractivity contribution in [3.8, 4) is 0 Å². The summed E-state index contributed by atoms with van der Waals surface area (Å²) in [5.41, 5.74) is -0.606. The minimum absolute atomic E-state index is 0.0741. The number of Topliss-reactive ketones (excluding diaryl/α,β-unsaturated/α-hetero) is 1. The van der Waals surface area contributed by atoms with E-state index in [-0.39, 0.29) is 17.3 Å². The zero-order valence-electron chi connectivity index (χ0n) is 11.3. The van der Waals surface area contributed by atoms with E-state index in [1.54, 1.807) is 0 Å². The molecule has 1 saturated carbocycles. The summed E-state index contributed by atoms with van der Waals surface area (Å²) in [7, 11) is 0. The number of hydrogen-bond acceptors (Lipinski definition) is 3. The van der Waals surface area contributed by atoms with Crippen LogP contribution in [0.25, 0.3) is 0 Å². The van der Waals surface area contributed by atoms with Gasteiger partial charge in [0.15, 0.2) is 6.29 Å². The quantitative estimate of drug-likeness (QED) is 0.671. The summed E-state index contributed by atoms with van der Waals surface area (Å²) in [6.07, 6.45) is 5.73. The summed E-state index contributed by atoms with van der Waals surface area (Å²) in [6.45, 7) is 6.33. The van der Waals surface area contributed by atoms with E-state index in [0.29, 0.717) is 24.5 Å². The van der Waals surface area contributed by atoms with Crippen LogP contribution in [-0.4, -0.2) is 22.8 Å². The van der Waals surface area contributed by atoms with Crippen LogP contribution in [0.3, 0.4) is 0 Å². The first-order valence-corrected chi connectivity index (χ1v) is 6.99. The van der Waals surface area contributed by atoms with Crippen LogP contribution in [0.15, 0.2) is 12.2 Å². The van der Waals surface area contributed by atoms with E-state index >= 15 is 0 Å². The molecule has 6 atom stereocenters. The molecule has 3 rings (SSSR count). The SMILES string of the molecule is C[C@H]1[C@@H](O)O[C@@]23C=CC[C@H](C)[C@@]2(C)[C@H]1C(=O)CC3. The molecule has 0 aromatic carbocycles. The van der Waals surface area contributed by atoms with E-state index in [9.17, 15) is 9.90 Å². The number of ether oxygens (including phenoxy) is 1. The fourth-order valence-electron chi connectivity index (χ4n) is 4.58. The van der Waals surface area contributed by atoms with Gasteiger partial charge in [-0.05, 0) is 18.8 Å². The molecule has 3 nitrogen and oxygen atoms in total. The van der Waals surface area contributed by atoms with Gasteiger partial charge < -0.3 is 9.84 Å². The highest BCUT2D eigenvalue weighted by Crippen LogP contribution is 2.62. The third-order valence-electron chi connectivity index (χ3n) is 5.85. The lowest BCUT2D eigenvalue weighted by Gasteiger charge is -2.63. The first-order chi connectivity index (χ1) is 8.42. The molecular weight excluding hydrogens is 228 g/mol. The number of aliphatic hydroxyl groups excluding tert-OH is 1. The van der Waals surface area contributed by atoms with Crippen LogP contribution < -0.4 is 0 Å². The van der Waals surface area contributed by atoms with E-state index in [2.05, 4.69) is 26.0 Å². The van der Waals surface area contributed by atoms with Crippen LogP contribution in [0.4, 0.5) is 0 Å². The van der Waals surface area contributed by atoms with Gasteiger partial charge in [-0.3, -0.25) is 4.79 Å². The Balaban J connectivity index is 2.17. The van der Waals surface area contributed by atoms with Crippen molar-refractivity contribution >= 4 is 5.78 Å². The number of ketones is 1. The van der Waals surface area contributed by atoms with Gasteiger partial charge in [0.05, 0.1) is 5.60 Å². The summed E-state index contributed by atoms with van der Waals surface area (Å²) < 4.78 is 6.00. The van der Waals surface area contributed by atoms with Gasteiger partial charge in [0, 0.05) is 23.7 Å². The second kappa shape index (κ2) is 3.67. The minimum Gasteiger partial charge on any atom is -0.368 e. The highest BCUT2D eigenvalue weighted by molar-refractivity contribution is 5.84. The van der Waals surface area contributed by atoms with E-state index in [4.69, 9.17) is 4.74 Å². The van der Waals surface area contributed by atoms with Gasteiger partial charge in [-0.25, -0.2) is 0 Å². The van der Waals surface area contributed by atoms with Gasteiger partial charge >= 0.3 is 0 Å². The minimum atomic E-state index is -0.817. The Morgan fingerprint density at radius 1 is 1.44 bits per heavy atom. The topological polar surface area (TPSA) is 46.5 Å². The van der Waals surface area contributed by atoms with Crippen molar-refractivity contribution in [2.75, 3.05) is 0 Å². The van der Waals surface area contributed by atoms with Gasteiger partial charge in [-0.15, -0.1) is 0 Å². The average Bonchev–Trinajstić information content (AvgIpc) is 2.31. The molecule has 18 heavy (non-hydrogen) atoms. The van der Waals surface area contributed by atoms with E-state index < -0.39 is 11.9 Å². The summed E-state index contributed by atoms with van der Waals surface area (Å²) in [5, 5.41) is 10.1. The number of allylic oxidation sites excluding steroid dienone is 1. The number of aliphatic hydroxyl groups is 1. The zero-order valence-corrected chi connectivity index (χ0v) is 11.3. The van der Waals surface area contributed by atoms with Crippen LogP contribution in [0.1, 0.15) is 40.0 Å². The predicted molar refractivity (Wildman–Crippen MR) is 67.7 cm³/mol. The smallest absolute Gasteiger partial charge is 0.159 e. The molecule has 100 valence electrons. The Kier molecular flexibility index (Phi) is 2.52. The van der Waals surface area contributed by atoms with Crippen molar-refractivity contribution in [1.82, 2.24) is 0 Å². The normalized spacial score (nSPS) is 55.2. The Morgan fingerprint density at radius 3 is 2.89 bits per heavy atom. The lowest BCUT2D eigenvalue weighted by molar-refractivity contribution is -0.306. The number of carbonyl (C=O) groups excluding carboxylic acids is 1. The first kappa shape index (κ1) is 12.4. The van der Waals surface area contributed by atoms with E-state index in [1.807, 2.05) is 6.92 Å². The van der Waals surface area contributed by atoms with Gasteiger partial charge in [-0.1, -0.05) is 32.9 Å². The molecule has 0 aromatic heterocycles. The monoisotopic (exact) mass is 250 g/mol. The highest BCUT2D eigenvalue weighted by atomic mass is 16.6. The maximum Gasteiger partial charge on any atom is 0.159 e. The molecule has 0 aromatic rings. The standard InChI is InChI=1S/C15H22O3/c1-9-5-4-7-15-8-6-11(16)12(14(9,15)3)10(2)13(17)18-15/h4,7,9-10,12-13,17H,5-6,8H2,1-3H3/t9-,10+,12+,13-,14-,15+/m0/s1. The maximum absolute atomic E-state index is 12.4. The molecule has 0 radical (unpaired) electrons. The second-order valence-electron chi connectivity index (χ2n) is 6.52. The molecule has 0 amide bonds. The van der Waals surface area contributed by atoms with E-state index in [1.165, 1.54) is 0 Å². The molecule has 0 spiro atoms. The number of carbonyl (C=O) groups is 1. The molecular formula is C15H22O3. The van der Waals surface area contributed by atoms with Crippen LogP contribution in [0.5, 0.6) is 0 Å². The summed E-state index contributed by atoms with van der Waals surface area (Å²) in [4.78, 5) is 12.4. The summed E-state index contributed by atoms with van der Waals surface area (Å²) in [6, 6.07) is 0. The van der Waals surface area contributed by atoms with Crippen molar-refractivity contribution in [3.63, 3.8) is 0 Å². The van der Waals surface area contributed by atoms with Crippen molar-refractivity contribution in [1.29, 1.82) is 0 Å². The van der Waals surface area contributed by atoms with Crippen molar-refractivity contribution in [2.24, 2.45) is 23.2 Å². The molecule has 1 heterocycles. The highest BCUT2D eigenvalue weighted by Gasteiger charge is 2.66. The van der Waals surface area contributed by atoms with Crippen LogP contribution in [-0.2, 0) is 9.53 Å². The van der Waals surface area contributed by atoms with Crippen molar-refractivity contribution < 1.29 is 14.6 Å². The van der Waals surface area contributed by atoms with E-state index in [0.717, 1.165) is 6.42 Å². The zero-order chi connectivity index (χ0) is 13.1. The predicted octanol–water partition coefficient (Wildman–Crippen LogP) is 2.29. The lowest BCUT2D eigenvalue weighted by Crippen LogP contribution is -2.68. The third-order valence-corrected chi connectivity index (χ3v) is 5.85.